The van der Waals surface area contributed by atoms with Crippen molar-refractivity contribution in [2.75, 3.05) is 0 Å². The van der Waals surface area contributed by atoms with Crippen molar-refractivity contribution in [1.82, 2.24) is 4.98 Å². The smallest absolute Gasteiger partial charge is 0.194 e. The van der Waals surface area contributed by atoms with E-state index in [1.165, 1.54) is 0 Å². The van der Waals surface area contributed by atoms with E-state index in [0.717, 1.165) is 25.7 Å². The van der Waals surface area contributed by atoms with Crippen molar-refractivity contribution in [2.24, 2.45) is 0 Å². The topological polar surface area (TPSA) is 30.0 Å². The first-order valence-electron chi connectivity index (χ1n) is 6.32. The Hall–Kier alpha value is -1.75. The van der Waals surface area contributed by atoms with Gasteiger partial charge >= 0.3 is 0 Å². The predicted octanol–water partition coefficient (Wildman–Crippen LogP) is 4.38. The van der Waals surface area contributed by atoms with Gasteiger partial charge in [0.15, 0.2) is 5.78 Å². The summed E-state index contributed by atoms with van der Waals surface area (Å²) < 4.78 is 0.970. The van der Waals surface area contributed by atoms with Gasteiger partial charge < -0.3 is 0 Å². The van der Waals surface area contributed by atoms with Crippen LogP contribution >= 0.6 is 22.6 Å². The molecule has 20 heavy (non-hydrogen) atoms. The lowest BCUT2D eigenvalue weighted by atomic mass is 10.0. The number of aryl methyl sites for hydroxylation is 1. The molecule has 3 heteroatoms. The molecule has 0 saturated heterocycles. The van der Waals surface area contributed by atoms with E-state index in [-0.39, 0.29) is 5.78 Å². The van der Waals surface area contributed by atoms with Crippen LogP contribution in [0.25, 0.3) is 10.9 Å². The number of benzene rings is 2. The molecule has 0 bridgehead atoms. The summed E-state index contributed by atoms with van der Waals surface area (Å²) in [5, 5.41) is 0.993. The van der Waals surface area contributed by atoms with Gasteiger partial charge in [0.25, 0.3) is 0 Å². The molecule has 0 aliphatic heterocycles. The fourth-order valence-corrected chi connectivity index (χ4v) is 2.80. The molecule has 0 aliphatic rings. The van der Waals surface area contributed by atoms with Crippen LogP contribution in [-0.4, -0.2) is 10.8 Å². The second-order valence-corrected chi connectivity index (χ2v) is 5.83. The van der Waals surface area contributed by atoms with Gasteiger partial charge in [0.05, 0.1) is 5.52 Å². The maximum Gasteiger partial charge on any atom is 0.194 e. The number of hydrogen-bond donors (Lipinski definition) is 0. The number of carbonyl (C=O) groups excluding carboxylic acids is 1. The molecule has 0 spiro atoms. The Labute approximate surface area is 131 Å². The van der Waals surface area contributed by atoms with E-state index in [1.54, 1.807) is 0 Å². The minimum absolute atomic E-state index is 0.0532. The highest BCUT2D eigenvalue weighted by atomic mass is 127. The molecule has 2 aromatic carbocycles. The number of aromatic nitrogens is 1. The van der Waals surface area contributed by atoms with Gasteiger partial charge in [-0.3, -0.25) is 9.78 Å². The number of pyridine rings is 1. The standard InChI is InChI=1S/C17H12INO/c1-11-6-7-12-10-13(8-9-16(12)19-11)17(20)14-4-2-3-5-15(14)18/h2-10H,1H3. The zero-order valence-corrected chi connectivity index (χ0v) is 13.1. The van der Waals surface area contributed by atoms with Crippen LogP contribution in [0, 0.1) is 10.5 Å². The summed E-state index contributed by atoms with van der Waals surface area (Å²) >= 11 is 2.19. The minimum Gasteiger partial charge on any atom is -0.289 e. The number of ketones is 1. The van der Waals surface area contributed by atoms with Gasteiger partial charge in [0, 0.05) is 25.8 Å². The molecule has 0 unspecified atom stereocenters. The summed E-state index contributed by atoms with van der Waals surface area (Å²) in [6, 6.07) is 17.3. The maximum absolute atomic E-state index is 12.6. The van der Waals surface area contributed by atoms with Crippen LogP contribution in [0.3, 0.4) is 0 Å². The molecular weight excluding hydrogens is 361 g/mol. The van der Waals surface area contributed by atoms with Crippen molar-refractivity contribution in [3.05, 3.63) is 75.0 Å². The summed E-state index contributed by atoms with van der Waals surface area (Å²) in [4.78, 5) is 17.0. The third-order valence-corrected chi connectivity index (χ3v) is 4.15. The zero-order chi connectivity index (χ0) is 14.1. The lowest BCUT2D eigenvalue weighted by molar-refractivity contribution is 0.103. The van der Waals surface area contributed by atoms with E-state index >= 15 is 0 Å². The molecule has 0 aliphatic carbocycles. The van der Waals surface area contributed by atoms with E-state index in [9.17, 15) is 4.79 Å². The largest absolute Gasteiger partial charge is 0.289 e. The summed E-state index contributed by atoms with van der Waals surface area (Å²) in [6.45, 7) is 1.96. The first kappa shape index (κ1) is 13.2. The lowest BCUT2D eigenvalue weighted by Gasteiger charge is -2.05. The zero-order valence-electron chi connectivity index (χ0n) is 10.9. The van der Waals surface area contributed by atoms with Crippen LogP contribution in [0.1, 0.15) is 21.6 Å². The molecule has 1 heterocycles. The normalized spacial score (nSPS) is 10.7. The van der Waals surface area contributed by atoms with Gasteiger partial charge in [-0.1, -0.05) is 18.2 Å². The molecule has 0 fully saturated rings. The Morgan fingerprint density at radius 1 is 1.05 bits per heavy atom. The van der Waals surface area contributed by atoms with Crippen LogP contribution in [0.5, 0.6) is 0 Å². The van der Waals surface area contributed by atoms with Crippen LogP contribution in [0.15, 0.2) is 54.6 Å². The third-order valence-electron chi connectivity index (χ3n) is 3.21. The number of rotatable bonds is 2. The van der Waals surface area contributed by atoms with Crippen molar-refractivity contribution in [3.8, 4) is 0 Å². The van der Waals surface area contributed by atoms with E-state index in [2.05, 4.69) is 27.6 Å². The second-order valence-electron chi connectivity index (χ2n) is 4.67. The number of carbonyl (C=O) groups is 1. The van der Waals surface area contributed by atoms with Gasteiger partial charge in [-0.2, -0.15) is 0 Å². The molecule has 0 amide bonds. The fraction of sp³-hybridized carbons (Fsp3) is 0.0588. The van der Waals surface area contributed by atoms with Gasteiger partial charge in [-0.05, 0) is 65.9 Å². The summed E-state index contributed by atoms with van der Waals surface area (Å²) in [5.41, 5.74) is 3.35. The highest BCUT2D eigenvalue weighted by molar-refractivity contribution is 14.1. The Kier molecular flexibility index (Phi) is 3.53. The van der Waals surface area contributed by atoms with Crippen molar-refractivity contribution in [2.45, 2.75) is 6.92 Å². The number of fused-ring (bicyclic) bond motifs is 1. The Balaban J connectivity index is 2.09. The van der Waals surface area contributed by atoms with Gasteiger partial charge in [-0.15, -0.1) is 0 Å². The molecule has 1 aromatic heterocycles. The molecular formula is C17H12INO. The van der Waals surface area contributed by atoms with Crippen molar-refractivity contribution in [1.29, 1.82) is 0 Å². The van der Waals surface area contributed by atoms with E-state index in [1.807, 2.05) is 61.5 Å². The van der Waals surface area contributed by atoms with Crippen LogP contribution in [0.4, 0.5) is 0 Å². The minimum atomic E-state index is 0.0532. The Morgan fingerprint density at radius 2 is 1.85 bits per heavy atom. The van der Waals surface area contributed by atoms with Crippen molar-refractivity contribution >= 4 is 39.3 Å². The van der Waals surface area contributed by atoms with Crippen molar-refractivity contribution in [3.63, 3.8) is 0 Å². The average Bonchev–Trinajstić information content (AvgIpc) is 2.46. The van der Waals surface area contributed by atoms with Crippen LogP contribution in [-0.2, 0) is 0 Å². The average molecular weight is 373 g/mol. The van der Waals surface area contributed by atoms with Gasteiger partial charge in [0.2, 0.25) is 0 Å². The molecule has 2 nitrogen and oxygen atoms in total. The molecule has 0 saturated carbocycles. The maximum atomic E-state index is 12.6. The summed E-state index contributed by atoms with van der Waals surface area (Å²) in [5.74, 6) is 0.0532. The quantitative estimate of drug-likeness (QED) is 0.493. The second kappa shape index (κ2) is 5.32. The van der Waals surface area contributed by atoms with Crippen LogP contribution < -0.4 is 0 Å². The van der Waals surface area contributed by atoms with Gasteiger partial charge in [-0.25, -0.2) is 0 Å². The number of nitrogens with zero attached hydrogens (tertiary/aromatic N) is 1. The fourth-order valence-electron chi connectivity index (χ4n) is 2.17. The van der Waals surface area contributed by atoms with E-state index < -0.39 is 0 Å². The molecule has 3 aromatic rings. The van der Waals surface area contributed by atoms with Gasteiger partial charge in [0.1, 0.15) is 0 Å². The summed E-state index contributed by atoms with van der Waals surface area (Å²) in [6.07, 6.45) is 0. The third kappa shape index (κ3) is 2.45. The summed E-state index contributed by atoms with van der Waals surface area (Å²) in [7, 11) is 0. The molecule has 0 N–H and O–H groups in total. The Bertz CT molecular complexity index is 811. The highest BCUT2D eigenvalue weighted by Gasteiger charge is 2.12. The van der Waals surface area contributed by atoms with E-state index in [4.69, 9.17) is 0 Å². The highest BCUT2D eigenvalue weighted by Crippen LogP contribution is 2.20. The predicted molar refractivity (Wildman–Crippen MR) is 89.1 cm³/mol. The van der Waals surface area contributed by atoms with Crippen molar-refractivity contribution < 1.29 is 4.79 Å². The molecule has 0 atom stereocenters. The number of halogens is 1. The van der Waals surface area contributed by atoms with Crippen LogP contribution in [0.2, 0.25) is 0 Å². The first-order chi connectivity index (χ1) is 9.65. The monoisotopic (exact) mass is 373 g/mol. The lowest BCUT2D eigenvalue weighted by Crippen LogP contribution is -2.03. The molecule has 3 rings (SSSR count). The molecule has 98 valence electrons. The SMILES string of the molecule is Cc1ccc2cc(C(=O)c3ccccc3I)ccc2n1. The molecule has 0 radical (unpaired) electrons. The Morgan fingerprint density at radius 3 is 2.65 bits per heavy atom. The number of hydrogen-bond acceptors (Lipinski definition) is 2. The first-order valence-corrected chi connectivity index (χ1v) is 7.40. The van der Waals surface area contributed by atoms with E-state index in [0.29, 0.717) is 5.56 Å².